The van der Waals surface area contributed by atoms with E-state index < -0.39 is 17.9 Å². The first-order valence-electron chi connectivity index (χ1n) is 8.05. The van der Waals surface area contributed by atoms with E-state index in [9.17, 15) is 9.18 Å². The molecule has 3 rings (SSSR count). The highest BCUT2D eigenvalue weighted by Crippen LogP contribution is 2.31. The van der Waals surface area contributed by atoms with Gasteiger partial charge in [-0.2, -0.15) is 0 Å². The van der Waals surface area contributed by atoms with Gasteiger partial charge in [-0.05, 0) is 38.1 Å². The number of para-hydroxylation sites is 2. The Kier molecular flexibility index (Phi) is 4.88. The monoisotopic (exact) mass is 342 g/mol. The number of benzene rings is 2. The van der Waals surface area contributed by atoms with Gasteiger partial charge < -0.3 is 19.8 Å². The Morgan fingerprint density at radius 2 is 2.04 bits per heavy atom. The van der Waals surface area contributed by atoms with Gasteiger partial charge in [0.2, 0.25) is 0 Å². The highest BCUT2D eigenvalue weighted by Gasteiger charge is 2.16. The van der Waals surface area contributed by atoms with E-state index in [-0.39, 0.29) is 5.69 Å². The first-order chi connectivity index (χ1) is 12.1. The number of rotatable bonds is 5. The molecule has 0 bridgehead atoms. The van der Waals surface area contributed by atoms with Crippen molar-refractivity contribution in [1.29, 1.82) is 0 Å². The highest BCUT2D eigenvalue weighted by atomic mass is 19.1. The van der Waals surface area contributed by atoms with Crippen LogP contribution in [0.3, 0.4) is 0 Å². The van der Waals surface area contributed by atoms with Crippen molar-refractivity contribution in [1.82, 2.24) is 5.32 Å². The summed E-state index contributed by atoms with van der Waals surface area (Å²) in [4.78, 5) is 12.1. The van der Waals surface area contributed by atoms with Crippen molar-refractivity contribution in [2.24, 2.45) is 0 Å². The Labute approximate surface area is 144 Å². The zero-order valence-corrected chi connectivity index (χ0v) is 14.0. The Hall–Kier alpha value is -3.02. The second-order valence-electron chi connectivity index (χ2n) is 5.56. The zero-order chi connectivity index (χ0) is 17.8. The maximum Gasteiger partial charge on any atom is 0.319 e. The SMILES string of the molecule is CCOc1cccc2cc([C@H](C)NC(=O)Nc3ccccc3F)oc12. The minimum Gasteiger partial charge on any atom is -0.490 e. The van der Waals surface area contributed by atoms with E-state index in [1.807, 2.05) is 31.2 Å². The number of halogens is 1. The molecule has 3 aromatic rings. The number of amides is 2. The fourth-order valence-corrected chi connectivity index (χ4v) is 2.53. The molecule has 0 aliphatic heterocycles. The maximum absolute atomic E-state index is 13.6. The lowest BCUT2D eigenvalue weighted by atomic mass is 10.2. The van der Waals surface area contributed by atoms with Crippen molar-refractivity contribution in [3.8, 4) is 5.75 Å². The van der Waals surface area contributed by atoms with Gasteiger partial charge in [0, 0.05) is 5.39 Å². The number of carbonyl (C=O) groups excluding carboxylic acids is 1. The van der Waals surface area contributed by atoms with Crippen LogP contribution in [0, 0.1) is 5.82 Å². The van der Waals surface area contributed by atoms with Gasteiger partial charge in [-0.15, -0.1) is 0 Å². The summed E-state index contributed by atoms with van der Waals surface area (Å²) in [5, 5.41) is 6.11. The lowest BCUT2D eigenvalue weighted by molar-refractivity contribution is 0.247. The van der Waals surface area contributed by atoms with Crippen molar-refractivity contribution < 1.29 is 18.3 Å². The van der Waals surface area contributed by atoms with Crippen LogP contribution in [0.1, 0.15) is 25.6 Å². The Morgan fingerprint density at radius 1 is 1.24 bits per heavy atom. The lowest BCUT2D eigenvalue weighted by Crippen LogP contribution is -2.31. The number of fused-ring (bicyclic) bond motifs is 1. The van der Waals surface area contributed by atoms with Crippen LogP contribution in [-0.4, -0.2) is 12.6 Å². The maximum atomic E-state index is 13.6. The van der Waals surface area contributed by atoms with Crippen LogP contribution in [-0.2, 0) is 0 Å². The minimum atomic E-state index is -0.511. The number of ether oxygens (including phenoxy) is 1. The van der Waals surface area contributed by atoms with Crippen LogP contribution >= 0.6 is 0 Å². The van der Waals surface area contributed by atoms with E-state index >= 15 is 0 Å². The lowest BCUT2D eigenvalue weighted by Gasteiger charge is -2.13. The normalized spacial score (nSPS) is 12.0. The van der Waals surface area contributed by atoms with Gasteiger partial charge in [-0.25, -0.2) is 9.18 Å². The van der Waals surface area contributed by atoms with Gasteiger partial charge in [-0.1, -0.05) is 24.3 Å². The first kappa shape index (κ1) is 16.8. The predicted molar refractivity (Wildman–Crippen MR) is 94.4 cm³/mol. The summed E-state index contributed by atoms with van der Waals surface area (Å²) in [6.07, 6.45) is 0. The van der Waals surface area contributed by atoms with Crippen LogP contribution in [0.5, 0.6) is 5.75 Å². The summed E-state index contributed by atoms with van der Waals surface area (Å²) in [6, 6.07) is 12.6. The second-order valence-corrected chi connectivity index (χ2v) is 5.56. The van der Waals surface area contributed by atoms with Crippen molar-refractivity contribution in [2.75, 3.05) is 11.9 Å². The molecule has 2 aromatic carbocycles. The fraction of sp³-hybridized carbons (Fsp3) is 0.211. The Balaban J connectivity index is 1.73. The summed E-state index contributed by atoms with van der Waals surface area (Å²) in [5.41, 5.74) is 0.762. The Bertz CT molecular complexity index is 891. The predicted octanol–water partition coefficient (Wildman–Crippen LogP) is 4.85. The molecule has 0 saturated carbocycles. The minimum absolute atomic E-state index is 0.121. The summed E-state index contributed by atoms with van der Waals surface area (Å²) >= 11 is 0. The molecule has 1 heterocycles. The van der Waals surface area contributed by atoms with E-state index in [1.54, 1.807) is 19.1 Å². The van der Waals surface area contributed by atoms with E-state index in [0.717, 1.165) is 5.39 Å². The number of urea groups is 1. The molecule has 2 amide bonds. The third kappa shape index (κ3) is 3.74. The molecule has 5 nitrogen and oxygen atoms in total. The fourth-order valence-electron chi connectivity index (χ4n) is 2.53. The molecule has 0 saturated heterocycles. The molecule has 2 N–H and O–H groups in total. The quantitative estimate of drug-likeness (QED) is 0.696. The third-order valence-electron chi connectivity index (χ3n) is 3.72. The number of anilines is 1. The van der Waals surface area contributed by atoms with E-state index in [2.05, 4.69) is 10.6 Å². The van der Waals surface area contributed by atoms with Crippen LogP contribution in [0.15, 0.2) is 52.9 Å². The van der Waals surface area contributed by atoms with Gasteiger partial charge in [-0.3, -0.25) is 0 Å². The van der Waals surface area contributed by atoms with Gasteiger partial charge in [0.05, 0.1) is 18.3 Å². The molecule has 0 aliphatic rings. The van der Waals surface area contributed by atoms with Crippen LogP contribution in [0.4, 0.5) is 14.9 Å². The molecule has 0 unspecified atom stereocenters. The summed E-state index contributed by atoms with van der Waals surface area (Å²) < 4.78 is 25.0. The van der Waals surface area contributed by atoms with Crippen molar-refractivity contribution in [2.45, 2.75) is 19.9 Å². The highest BCUT2D eigenvalue weighted by molar-refractivity contribution is 5.90. The van der Waals surface area contributed by atoms with Crippen LogP contribution in [0.25, 0.3) is 11.0 Å². The summed E-state index contributed by atoms with van der Waals surface area (Å²) in [7, 11) is 0. The van der Waals surface area contributed by atoms with Crippen LogP contribution < -0.4 is 15.4 Å². The van der Waals surface area contributed by atoms with Gasteiger partial charge >= 0.3 is 6.03 Å². The molecule has 130 valence electrons. The standard InChI is InChI=1S/C19H19FN2O3/c1-3-24-16-10-6-7-13-11-17(25-18(13)16)12(2)21-19(23)22-15-9-5-4-8-14(15)20/h4-12H,3H2,1-2H3,(H2,21,22,23)/t12-/m0/s1. The average Bonchev–Trinajstić information content (AvgIpc) is 3.03. The molecule has 0 fully saturated rings. The van der Waals surface area contributed by atoms with Crippen molar-refractivity contribution >= 4 is 22.7 Å². The molecule has 1 atom stereocenters. The van der Waals surface area contributed by atoms with Gasteiger partial charge in [0.15, 0.2) is 11.3 Å². The Morgan fingerprint density at radius 3 is 2.80 bits per heavy atom. The van der Waals surface area contributed by atoms with Crippen molar-refractivity contribution in [3.05, 3.63) is 60.1 Å². The van der Waals surface area contributed by atoms with Gasteiger partial charge in [0.1, 0.15) is 11.6 Å². The number of hydrogen-bond donors (Lipinski definition) is 2. The molecular weight excluding hydrogens is 323 g/mol. The summed E-state index contributed by atoms with van der Waals surface area (Å²) in [5.74, 6) is 0.760. The van der Waals surface area contributed by atoms with E-state index in [4.69, 9.17) is 9.15 Å². The number of hydrogen-bond acceptors (Lipinski definition) is 3. The molecule has 1 aromatic heterocycles. The smallest absolute Gasteiger partial charge is 0.319 e. The van der Waals surface area contributed by atoms with Crippen molar-refractivity contribution in [3.63, 3.8) is 0 Å². The molecule has 25 heavy (non-hydrogen) atoms. The number of nitrogens with one attached hydrogen (secondary N) is 2. The van der Waals surface area contributed by atoms with Gasteiger partial charge in [0.25, 0.3) is 0 Å². The summed E-state index contributed by atoms with van der Waals surface area (Å²) in [6.45, 7) is 4.23. The largest absolute Gasteiger partial charge is 0.490 e. The zero-order valence-electron chi connectivity index (χ0n) is 14.0. The molecule has 0 spiro atoms. The average molecular weight is 342 g/mol. The molecule has 6 heteroatoms. The molecule has 0 aliphatic carbocycles. The molecule has 0 radical (unpaired) electrons. The van der Waals surface area contributed by atoms with Crippen LogP contribution in [0.2, 0.25) is 0 Å². The first-order valence-corrected chi connectivity index (χ1v) is 8.05. The topological polar surface area (TPSA) is 63.5 Å². The third-order valence-corrected chi connectivity index (χ3v) is 3.72. The molecular formula is C19H19FN2O3. The van der Waals surface area contributed by atoms with E-state index in [1.165, 1.54) is 12.1 Å². The number of furan rings is 1. The van der Waals surface area contributed by atoms with E-state index in [0.29, 0.717) is 23.7 Å². The second kappa shape index (κ2) is 7.25. The number of carbonyl (C=O) groups is 1.